The van der Waals surface area contributed by atoms with Gasteiger partial charge in [0.1, 0.15) is 0 Å². The van der Waals surface area contributed by atoms with Gasteiger partial charge in [0.2, 0.25) is 11.8 Å². The maximum absolute atomic E-state index is 12.8. The van der Waals surface area contributed by atoms with E-state index in [1.54, 1.807) is 103 Å². The molecule has 9 heteroatoms. The molecule has 9 nitrogen and oxygen atoms in total. The van der Waals surface area contributed by atoms with E-state index in [2.05, 4.69) is 21.3 Å². The van der Waals surface area contributed by atoms with Crippen molar-refractivity contribution >= 4 is 58.2 Å². The fourth-order valence-corrected chi connectivity index (χ4v) is 4.15. The Bertz CT molecular complexity index is 1850. The zero-order valence-corrected chi connectivity index (χ0v) is 27.9. The summed E-state index contributed by atoms with van der Waals surface area (Å²) in [5, 5.41) is 11.3. The molecule has 0 aliphatic carbocycles. The van der Waals surface area contributed by atoms with E-state index in [4.69, 9.17) is 0 Å². The summed E-state index contributed by atoms with van der Waals surface area (Å²) in [6, 6.07) is 27.0. The number of benzene rings is 4. The summed E-state index contributed by atoms with van der Waals surface area (Å²) < 4.78 is 0. The van der Waals surface area contributed by atoms with Crippen LogP contribution >= 0.6 is 0 Å². The van der Waals surface area contributed by atoms with Gasteiger partial charge in [0.25, 0.3) is 11.8 Å². The fraction of sp³-hybridized carbons (Fsp3) is 0.205. The largest absolute Gasteiger partial charge is 0.326 e. The molecule has 48 heavy (non-hydrogen) atoms. The summed E-state index contributed by atoms with van der Waals surface area (Å²) in [7, 11) is 0. The Morgan fingerprint density at radius 3 is 1.44 bits per heavy atom. The van der Waals surface area contributed by atoms with Crippen LogP contribution in [-0.4, -0.2) is 29.4 Å². The molecule has 0 saturated heterocycles. The van der Waals surface area contributed by atoms with Crippen molar-refractivity contribution < 1.29 is 24.0 Å². The van der Waals surface area contributed by atoms with E-state index in [0.717, 1.165) is 5.56 Å². The number of anilines is 4. The lowest BCUT2D eigenvalue weighted by molar-refractivity contribution is -0.123. The summed E-state index contributed by atoms with van der Waals surface area (Å²) in [6.45, 7) is 10.9. The molecule has 0 heterocycles. The van der Waals surface area contributed by atoms with Crippen LogP contribution in [0.5, 0.6) is 0 Å². The third kappa shape index (κ3) is 9.83. The highest BCUT2D eigenvalue weighted by Gasteiger charge is 2.22. The van der Waals surface area contributed by atoms with Crippen LogP contribution in [0.1, 0.15) is 78.2 Å². The Morgan fingerprint density at radius 2 is 0.917 bits per heavy atom. The van der Waals surface area contributed by atoms with Gasteiger partial charge < -0.3 is 21.3 Å². The second-order valence-corrected chi connectivity index (χ2v) is 13.4. The van der Waals surface area contributed by atoms with Gasteiger partial charge in [0.15, 0.2) is 5.78 Å². The van der Waals surface area contributed by atoms with E-state index < -0.39 is 10.8 Å². The molecule has 0 radical (unpaired) electrons. The monoisotopic (exact) mass is 644 g/mol. The number of amides is 4. The van der Waals surface area contributed by atoms with Crippen LogP contribution < -0.4 is 21.3 Å². The molecule has 4 N–H and O–H groups in total. The topological polar surface area (TPSA) is 133 Å². The van der Waals surface area contributed by atoms with Crippen LogP contribution in [0.3, 0.4) is 0 Å². The molecule has 0 unspecified atom stereocenters. The average molecular weight is 645 g/mol. The molecule has 4 aromatic carbocycles. The lowest BCUT2D eigenvalue weighted by atomic mass is 9.95. The van der Waals surface area contributed by atoms with Crippen LogP contribution in [0.4, 0.5) is 22.7 Å². The molecule has 0 aliphatic rings. The van der Waals surface area contributed by atoms with E-state index in [1.807, 2.05) is 41.5 Å². The zero-order valence-electron chi connectivity index (χ0n) is 27.9. The molecule has 0 fully saturated rings. The van der Waals surface area contributed by atoms with Crippen molar-refractivity contribution in [2.24, 2.45) is 10.8 Å². The molecule has 4 amide bonds. The number of carbonyl (C=O) groups is 5. The quantitative estimate of drug-likeness (QED) is 0.108. The minimum absolute atomic E-state index is 0.118. The number of ketones is 1. The fourth-order valence-electron chi connectivity index (χ4n) is 4.15. The molecular weight excluding hydrogens is 604 g/mol. The van der Waals surface area contributed by atoms with Crippen molar-refractivity contribution in [2.75, 3.05) is 21.3 Å². The summed E-state index contributed by atoms with van der Waals surface area (Å²) in [6.07, 6.45) is 3.14. The van der Waals surface area contributed by atoms with Gasteiger partial charge in [-0.15, -0.1) is 0 Å². The van der Waals surface area contributed by atoms with Crippen LogP contribution in [-0.2, 0) is 9.59 Å². The van der Waals surface area contributed by atoms with E-state index >= 15 is 0 Å². The summed E-state index contributed by atoms with van der Waals surface area (Å²) in [4.78, 5) is 62.8. The second kappa shape index (κ2) is 14.7. The predicted molar refractivity (Wildman–Crippen MR) is 191 cm³/mol. The normalized spacial score (nSPS) is 11.5. The van der Waals surface area contributed by atoms with Gasteiger partial charge in [0.05, 0.1) is 0 Å². The molecule has 0 bridgehead atoms. The van der Waals surface area contributed by atoms with Gasteiger partial charge >= 0.3 is 0 Å². The summed E-state index contributed by atoms with van der Waals surface area (Å²) in [5.41, 5.74) is 3.20. The molecule has 4 rings (SSSR count). The van der Waals surface area contributed by atoms with Gasteiger partial charge in [-0.2, -0.15) is 0 Å². The van der Waals surface area contributed by atoms with Gasteiger partial charge in [0, 0.05) is 50.3 Å². The van der Waals surface area contributed by atoms with Gasteiger partial charge in [-0.1, -0.05) is 65.8 Å². The molecule has 0 atom stereocenters. The number of allylic oxidation sites excluding steroid dienone is 1. The second-order valence-electron chi connectivity index (χ2n) is 13.4. The van der Waals surface area contributed by atoms with E-state index in [9.17, 15) is 24.0 Å². The Labute approximate surface area is 280 Å². The van der Waals surface area contributed by atoms with Crippen molar-refractivity contribution in [3.8, 4) is 0 Å². The van der Waals surface area contributed by atoms with Crippen molar-refractivity contribution in [1.82, 2.24) is 0 Å². The molecule has 4 aromatic rings. The first-order chi connectivity index (χ1) is 22.6. The standard InChI is InChI=1S/C39H40N4O5/c1-38(2,3)36(47)42-31-21-15-27(16-22-31)34(45)40-30-19-13-26(14-20-30)33(44)23-12-25-10-17-29(18-11-25)41-35(46)28-8-7-9-32(24-28)43-37(48)39(4,5)6/h7-24H,1-6H3,(H,40,45)(H,41,46)(H,42,47)(H,43,48)/b23-12+. The SMILES string of the molecule is CC(C)(C)C(=O)Nc1ccc(C(=O)Nc2ccc(C(=O)/C=C/c3ccc(NC(=O)c4cccc(NC(=O)C(C)(C)C)c4)cc3)cc2)cc1. The van der Waals surface area contributed by atoms with Crippen LogP contribution in [0, 0.1) is 10.8 Å². The number of hydrogen-bond donors (Lipinski definition) is 4. The Morgan fingerprint density at radius 1 is 0.479 bits per heavy atom. The molecule has 0 saturated carbocycles. The van der Waals surface area contributed by atoms with Crippen molar-refractivity contribution in [3.05, 3.63) is 125 Å². The summed E-state index contributed by atoms with van der Waals surface area (Å²) in [5.74, 6) is -1.12. The molecule has 0 aliphatic heterocycles. The summed E-state index contributed by atoms with van der Waals surface area (Å²) >= 11 is 0. The van der Waals surface area contributed by atoms with Gasteiger partial charge in [-0.3, -0.25) is 24.0 Å². The lowest BCUT2D eigenvalue weighted by Crippen LogP contribution is -2.27. The van der Waals surface area contributed by atoms with Crippen molar-refractivity contribution in [1.29, 1.82) is 0 Å². The minimum atomic E-state index is -0.562. The highest BCUT2D eigenvalue weighted by molar-refractivity contribution is 6.08. The zero-order chi connectivity index (χ0) is 35.1. The van der Waals surface area contributed by atoms with Crippen LogP contribution in [0.15, 0.2) is 103 Å². The first-order valence-corrected chi connectivity index (χ1v) is 15.5. The smallest absolute Gasteiger partial charge is 0.255 e. The van der Waals surface area contributed by atoms with Gasteiger partial charge in [-0.05, 0) is 90.5 Å². The highest BCUT2D eigenvalue weighted by Crippen LogP contribution is 2.21. The third-order valence-electron chi connectivity index (χ3n) is 7.17. The predicted octanol–water partition coefficient (Wildman–Crippen LogP) is 8.06. The maximum Gasteiger partial charge on any atom is 0.255 e. The van der Waals surface area contributed by atoms with Crippen LogP contribution in [0.2, 0.25) is 0 Å². The lowest BCUT2D eigenvalue weighted by Gasteiger charge is -2.18. The molecule has 0 spiro atoms. The first-order valence-electron chi connectivity index (χ1n) is 15.5. The Balaban J connectivity index is 1.29. The van der Waals surface area contributed by atoms with E-state index in [1.165, 1.54) is 6.08 Å². The molecule has 246 valence electrons. The number of carbonyl (C=O) groups excluding carboxylic acids is 5. The van der Waals surface area contributed by atoms with Gasteiger partial charge in [-0.25, -0.2) is 0 Å². The molecule has 0 aromatic heterocycles. The highest BCUT2D eigenvalue weighted by atomic mass is 16.2. The van der Waals surface area contributed by atoms with E-state index in [-0.39, 0.29) is 29.4 Å². The third-order valence-corrected chi connectivity index (χ3v) is 7.17. The number of nitrogens with one attached hydrogen (secondary N) is 4. The van der Waals surface area contributed by atoms with Crippen molar-refractivity contribution in [3.63, 3.8) is 0 Å². The van der Waals surface area contributed by atoms with E-state index in [0.29, 0.717) is 39.4 Å². The average Bonchev–Trinajstić information content (AvgIpc) is 3.04. The minimum Gasteiger partial charge on any atom is -0.326 e. The number of hydrogen-bond acceptors (Lipinski definition) is 5. The van der Waals surface area contributed by atoms with Crippen molar-refractivity contribution in [2.45, 2.75) is 41.5 Å². The molecular formula is C39H40N4O5. The van der Waals surface area contributed by atoms with Crippen LogP contribution in [0.25, 0.3) is 6.08 Å². The first kappa shape index (κ1) is 35.0. The maximum atomic E-state index is 12.8. The Kier molecular flexibility index (Phi) is 10.7. The Hall–Kier alpha value is -5.83. The number of rotatable bonds is 9.